The number of carbonyl (C=O) groups excluding carboxylic acids is 2. The van der Waals surface area contributed by atoms with Crippen LogP contribution in [0, 0.1) is 0 Å². The summed E-state index contributed by atoms with van der Waals surface area (Å²) in [5.74, 6) is 0.908. The Labute approximate surface area is 117 Å². The van der Waals surface area contributed by atoms with E-state index < -0.39 is 6.04 Å². The van der Waals surface area contributed by atoms with Gasteiger partial charge in [-0.05, 0) is 12.8 Å². The van der Waals surface area contributed by atoms with Gasteiger partial charge in [0.25, 0.3) is 0 Å². The molecule has 2 heterocycles. The van der Waals surface area contributed by atoms with Gasteiger partial charge in [-0.2, -0.15) is 0 Å². The number of hydrogen-bond acceptors (Lipinski definition) is 6. The topological polar surface area (TPSA) is 101 Å². The highest BCUT2D eigenvalue weighted by atomic mass is 16.2. The fourth-order valence-corrected chi connectivity index (χ4v) is 2.30. The minimum Gasteiger partial charge on any atom is -0.384 e. The molecule has 0 aliphatic carbocycles. The third-order valence-corrected chi connectivity index (χ3v) is 3.19. The van der Waals surface area contributed by atoms with Crippen LogP contribution in [0.25, 0.3) is 0 Å². The Morgan fingerprint density at radius 1 is 1.40 bits per heavy atom. The number of rotatable bonds is 4. The Kier molecular flexibility index (Phi) is 4.16. The Morgan fingerprint density at radius 3 is 2.80 bits per heavy atom. The Bertz CT molecular complexity index is 531. The zero-order chi connectivity index (χ0) is 14.7. The van der Waals surface area contributed by atoms with E-state index >= 15 is 0 Å². The van der Waals surface area contributed by atoms with Crippen molar-refractivity contribution < 1.29 is 9.59 Å². The van der Waals surface area contributed by atoms with Crippen LogP contribution in [0.3, 0.4) is 0 Å². The number of hydrogen-bond donors (Lipinski definition) is 2. The largest absolute Gasteiger partial charge is 0.384 e. The van der Waals surface area contributed by atoms with Gasteiger partial charge in [0, 0.05) is 12.5 Å². The van der Waals surface area contributed by atoms with Crippen molar-refractivity contribution >= 4 is 23.5 Å². The molecule has 0 saturated carbocycles. The first-order valence-corrected chi connectivity index (χ1v) is 6.78. The van der Waals surface area contributed by atoms with Crippen molar-refractivity contribution in [3.63, 3.8) is 0 Å². The molecule has 0 spiro atoms. The average Bonchev–Trinajstić information content (AvgIpc) is 2.37. The lowest BCUT2D eigenvalue weighted by Crippen LogP contribution is -2.58. The summed E-state index contributed by atoms with van der Waals surface area (Å²) in [4.78, 5) is 33.7. The zero-order valence-corrected chi connectivity index (χ0v) is 11.7. The van der Waals surface area contributed by atoms with Gasteiger partial charge in [-0.15, -0.1) is 0 Å². The Balaban J connectivity index is 2.36. The van der Waals surface area contributed by atoms with E-state index in [9.17, 15) is 9.59 Å². The highest BCUT2D eigenvalue weighted by Crippen LogP contribution is 2.20. The predicted molar refractivity (Wildman–Crippen MR) is 75.0 cm³/mol. The zero-order valence-electron chi connectivity index (χ0n) is 11.7. The fraction of sp³-hybridized carbons (Fsp3) is 0.538. The molecule has 1 aliphatic heterocycles. The third kappa shape index (κ3) is 2.87. The van der Waals surface area contributed by atoms with Crippen LogP contribution in [0.5, 0.6) is 0 Å². The molecule has 0 bridgehead atoms. The molecule has 1 aromatic rings. The minimum absolute atomic E-state index is 0.103. The van der Waals surface area contributed by atoms with E-state index in [1.165, 1.54) is 0 Å². The Morgan fingerprint density at radius 2 is 2.15 bits per heavy atom. The number of aryl methyl sites for hydroxylation is 1. The van der Waals surface area contributed by atoms with E-state index in [4.69, 9.17) is 5.73 Å². The average molecular weight is 277 g/mol. The summed E-state index contributed by atoms with van der Waals surface area (Å²) in [6.45, 7) is 4.02. The van der Waals surface area contributed by atoms with Crippen molar-refractivity contribution in [1.29, 1.82) is 0 Å². The van der Waals surface area contributed by atoms with Gasteiger partial charge >= 0.3 is 0 Å². The van der Waals surface area contributed by atoms with Gasteiger partial charge in [0.1, 0.15) is 23.5 Å². The summed E-state index contributed by atoms with van der Waals surface area (Å²) in [6, 6.07) is 1.20. The van der Waals surface area contributed by atoms with E-state index in [0.717, 1.165) is 6.42 Å². The first-order chi connectivity index (χ1) is 9.55. The molecule has 1 saturated heterocycles. The molecule has 3 N–H and O–H groups in total. The van der Waals surface area contributed by atoms with Gasteiger partial charge in [0.05, 0.1) is 6.54 Å². The molecule has 7 nitrogen and oxygen atoms in total. The SMILES string of the molecule is CCCc1nc(N)cc(N2CC(=O)NC(=O)C2CC)n1. The molecule has 1 atom stereocenters. The van der Waals surface area contributed by atoms with E-state index in [1.807, 2.05) is 13.8 Å². The highest BCUT2D eigenvalue weighted by molar-refractivity contribution is 6.04. The quantitative estimate of drug-likeness (QED) is 0.765. The van der Waals surface area contributed by atoms with Crippen LogP contribution < -0.4 is 16.0 Å². The normalized spacial score (nSPS) is 19.1. The number of nitrogen functional groups attached to an aromatic ring is 1. The van der Waals surface area contributed by atoms with Crippen molar-refractivity contribution in [2.45, 2.75) is 39.2 Å². The lowest BCUT2D eigenvalue weighted by Gasteiger charge is -2.34. The number of nitrogens with one attached hydrogen (secondary N) is 1. The first kappa shape index (κ1) is 14.2. The van der Waals surface area contributed by atoms with Crippen molar-refractivity contribution in [2.75, 3.05) is 17.2 Å². The number of imide groups is 1. The van der Waals surface area contributed by atoms with Gasteiger partial charge in [-0.25, -0.2) is 9.97 Å². The standard InChI is InChI=1S/C13H19N5O2/c1-3-5-10-15-9(14)6-11(16-10)18-7-12(19)17-13(20)8(18)4-2/h6,8H,3-5,7H2,1-2H3,(H2,14,15,16)(H,17,19,20). The number of anilines is 2. The molecule has 2 rings (SSSR count). The second-order valence-corrected chi connectivity index (χ2v) is 4.78. The fourth-order valence-electron chi connectivity index (χ4n) is 2.30. The molecule has 1 aromatic heterocycles. The molecule has 1 fully saturated rings. The van der Waals surface area contributed by atoms with Crippen molar-refractivity contribution in [1.82, 2.24) is 15.3 Å². The van der Waals surface area contributed by atoms with E-state index in [0.29, 0.717) is 30.3 Å². The maximum atomic E-state index is 11.9. The number of piperazine rings is 1. The van der Waals surface area contributed by atoms with Gasteiger partial charge in [0.15, 0.2) is 0 Å². The number of nitrogens with two attached hydrogens (primary N) is 1. The summed E-state index contributed by atoms with van der Waals surface area (Å²) in [5, 5.41) is 2.34. The van der Waals surface area contributed by atoms with Crippen LogP contribution in [0.15, 0.2) is 6.07 Å². The highest BCUT2D eigenvalue weighted by Gasteiger charge is 2.33. The molecule has 1 aliphatic rings. The second-order valence-electron chi connectivity index (χ2n) is 4.78. The number of aromatic nitrogens is 2. The first-order valence-electron chi connectivity index (χ1n) is 6.78. The van der Waals surface area contributed by atoms with Gasteiger partial charge < -0.3 is 10.6 Å². The van der Waals surface area contributed by atoms with Crippen molar-refractivity contribution in [3.05, 3.63) is 11.9 Å². The molecule has 0 radical (unpaired) electrons. The van der Waals surface area contributed by atoms with Crippen LogP contribution in [0.1, 0.15) is 32.5 Å². The Hall–Kier alpha value is -2.18. The minimum atomic E-state index is -0.406. The molecule has 1 unspecified atom stereocenters. The molecule has 0 aromatic carbocycles. The summed E-state index contributed by atoms with van der Waals surface area (Å²) >= 11 is 0. The summed E-state index contributed by atoms with van der Waals surface area (Å²) in [5.41, 5.74) is 5.79. The molecular formula is C13H19N5O2. The third-order valence-electron chi connectivity index (χ3n) is 3.19. The summed E-state index contributed by atoms with van der Waals surface area (Å²) in [7, 11) is 0. The van der Waals surface area contributed by atoms with Crippen molar-refractivity contribution in [2.24, 2.45) is 0 Å². The second kappa shape index (κ2) is 5.85. The monoisotopic (exact) mass is 277 g/mol. The van der Waals surface area contributed by atoms with E-state index in [1.54, 1.807) is 11.0 Å². The van der Waals surface area contributed by atoms with E-state index in [-0.39, 0.29) is 18.4 Å². The van der Waals surface area contributed by atoms with Crippen LogP contribution in [0.4, 0.5) is 11.6 Å². The van der Waals surface area contributed by atoms with Gasteiger partial charge in [-0.1, -0.05) is 13.8 Å². The van der Waals surface area contributed by atoms with Crippen LogP contribution in [-0.4, -0.2) is 34.4 Å². The lowest BCUT2D eigenvalue weighted by atomic mass is 10.1. The molecule has 7 heteroatoms. The van der Waals surface area contributed by atoms with Gasteiger partial charge in [-0.3, -0.25) is 14.9 Å². The van der Waals surface area contributed by atoms with Crippen LogP contribution >= 0.6 is 0 Å². The number of carbonyl (C=O) groups is 2. The number of nitrogens with zero attached hydrogens (tertiary/aromatic N) is 3. The lowest BCUT2D eigenvalue weighted by molar-refractivity contribution is -0.132. The van der Waals surface area contributed by atoms with Crippen LogP contribution in [0.2, 0.25) is 0 Å². The number of amides is 2. The van der Waals surface area contributed by atoms with E-state index in [2.05, 4.69) is 15.3 Å². The molecule has 20 heavy (non-hydrogen) atoms. The summed E-state index contributed by atoms with van der Waals surface area (Å²) < 4.78 is 0. The molecule has 2 amide bonds. The van der Waals surface area contributed by atoms with Gasteiger partial charge in [0.2, 0.25) is 11.8 Å². The molecular weight excluding hydrogens is 258 g/mol. The van der Waals surface area contributed by atoms with Crippen LogP contribution in [-0.2, 0) is 16.0 Å². The predicted octanol–water partition coefficient (Wildman–Crippen LogP) is 0.253. The summed E-state index contributed by atoms with van der Waals surface area (Å²) in [6.07, 6.45) is 2.20. The maximum Gasteiger partial charge on any atom is 0.249 e. The molecule has 108 valence electrons. The smallest absolute Gasteiger partial charge is 0.249 e. The maximum absolute atomic E-state index is 11.9. The van der Waals surface area contributed by atoms with Crippen molar-refractivity contribution in [3.8, 4) is 0 Å².